The van der Waals surface area contributed by atoms with E-state index in [4.69, 9.17) is 9.47 Å². The molecule has 1 amide bonds. The summed E-state index contributed by atoms with van der Waals surface area (Å²) < 4.78 is 10.5. The van der Waals surface area contributed by atoms with E-state index in [2.05, 4.69) is 0 Å². The number of carbonyl (C=O) groups excluding carboxylic acids is 3. The van der Waals surface area contributed by atoms with Crippen molar-refractivity contribution in [3.63, 3.8) is 0 Å². The summed E-state index contributed by atoms with van der Waals surface area (Å²) in [5.74, 6) is -0.194. The number of ketones is 1. The van der Waals surface area contributed by atoms with E-state index in [0.29, 0.717) is 24.3 Å². The van der Waals surface area contributed by atoms with Gasteiger partial charge < -0.3 is 14.4 Å². The molecule has 0 unspecified atom stereocenters. The van der Waals surface area contributed by atoms with Crippen LogP contribution in [0.3, 0.4) is 0 Å². The van der Waals surface area contributed by atoms with E-state index in [1.165, 1.54) is 0 Å². The van der Waals surface area contributed by atoms with Crippen LogP contribution in [0.4, 0.5) is 5.69 Å². The molecule has 0 bridgehead atoms. The quantitative estimate of drug-likeness (QED) is 0.544. The van der Waals surface area contributed by atoms with Gasteiger partial charge in [0.05, 0.1) is 0 Å². The lowest BCUT2D eigenvalue weighted by Crippen LogP contribution is -2.23. The Morgan fingerprint density at radius 1 is 1.04 bits per heavy atom. The number of aryl methyl sites for hydroxylation is 2. The number of nitrogens with zero attached hydrogens (tertiary/aromatic N) is 1. The third-order valence-corrected chi connectivity index (χ3v) is 4.63. The molecule has 0 radical (unpaired) electrons. The minimum atomic E-state index is -0.603. The molecule has 28 heavy (non-hydrogen) atoms. The zero-order chi connectivity index (χ0) is 20.1. The molecule has 1 heterocycles. The van der Waals surface area contributed by atoms with Crippen LogP contribution in [-0.2, 0) is 14.3 Å². The van der Waals surface area contributed by atoms with Crippen LogP contribution in [0.5, 0.6) is 5.75 Å². The second-order valence-electron chi connectivity index (χ2n) is 6.84. The first-order valence-electron chi connectivity index (χ1n) is 9.23. The lowest BCUT2D eigenvalue weighted by atomic mass is 10.1. The highest BCUT2D eigenvalue weighted by Crippen LogP contribution is 2.22. The molecule has 146 valence electrons. The molecule has 0 saturated carbocycles. The number of benzene rings is 2. The topological polar surface area (TPSA) is 72.9 Å². The van der Waals surface area contributed by atoms with E-state index in [0.717, 1.165) is 23.2 Å². The summed E-state index contributed by atoms with van der Waals surface area (Å²) in [4.78, 5) is 37.6. The lowest BCUT2D eigenvalue weighted by Gasteiger charge is -2.15. The van der Waals surface area contributed by atoms with Gasteiger partial charge in [0.15, 0.2) is 19.0 Å². The van der Waals surface area contributed by atoms with E-state index in [1.807, 2.05) is 32.0 Å². The molecule has 1 saturated heterocycles. The highest BCUT2D eigenvalue weighted by Gasteiger charge is 2.21. The van der Waals surface area contributed by atoms with E-state index >= 15 is 0 Å². The molecular weight excluding hydrogens is 358 g/mol. The summed E-state index contributed by atoms with van der Waals surface area (Å²) in [6.45, 7) is 3.92. The van der Waals surface area contributed by atoms with Gasteiger partial charge in [0.1, 0.15) is 5.75 Å². The number of amides is 1. The maximum absolute atomic E-state index is 12.2. The molecule has 1 fully saturated rings. The third-order valence-electron chi connectivity index (χ3n) is 4.63. The van der Waals surface area contributed by atoms with Crippen molar-refractivity contribution in [3.8, 4) is 5.75 Å². The monoisotopic (exact) mass is 381 g/mol. The molecule has 2 aromatic carbocycles. The van der Waals surface area contributed by atoms with Crippen molar-refractivity contribution in [3.05, 3.63) is 59.2 Å². The zero-order valence-corrected chi connectivity index (χ0v) is 16.1. The number of rotatable bonds is 7. The van der Waals surface area contributed by atoms with Gasteiger partial charge >= 0.3 is 5.97 Å². The van der Waals surface area contributed by atoms with Crippen molar-refractivity contribution in [1.82, 2.24) is 0 Å². The van der Waals surface area contributed by atoms with Crippen LogP contribution in [-0.4, -0.2) is 37.4 Å². The van der Waals surface area contributed by atoms with Crippen LogP contribution in [0.1, 0.15) is 34.3 Å². The normalized spacial score (nSPS) is 13.5. The van der Waals surface area contributed by atoms with Crippen LogP contribution in [0.15, 0.2) is 42.5 Å². The molecule has 0 aliphatic carbocycles. The van der Waals surface area contributed by atoms with Crippen LogP contribution in [0.25, 0.3) is 0 Å². The van der Waals surface area contributed by atoms with Crippen LogP contribution < -0.4 is 9.64 Å². The van der Waals surface area contributed by atoms with E-state index in [-0.39, 0.29) is 24.9 Å². The Hall–Kier alpha value is -3.15. The Balaban J connectivity index is 1.48. The average molecular weight is 381 g/mol. The Morgan fingerprint density at radius 3 is 2.46 bits per heavy atom. The molecule has 3 rings (SSSR count). The van der Waals surface area contributed by atoms with Crippen LogP contribution in [0.2, 0.25) is 0 Å². The minimum Gasteiger partial charge on any atom is -0.482 e. The summed E-state index contributed by atoms with van der Waals surface area (Å²) in [5, 5.41) is 0. The third kappa shape index (κ3) is 4.76. The molecule has 0 atom stereocenters. The first kappa shape index (κ1) is 19.6. The lowest BCUT2D eigenvalue weighted by molar-refractivity contribution is -0.144. The number of carbonyl (C=O) groups is 3. The van der Waals surface area contributed by atoms with Gasteiger partial charge in [-0.15, -0.1) is 0 Å². The summed E-state index contributed by atoms with van der Waals surface area (Å²) in [5.41, 5.74) is 3.16. The predicted octanol–water partition coefficient (Wildman–Crippen LogP) is 3.24. The molecule has 6 nitrogen and oxygen atoms in total. The molecule has 1 aliphatic rings. The summed E-state index contributed by atoms with van der Waals surface area (Å²) in [7, 11) is 0. The number of ether oxygens (including phenoxy) is 2. The molecular formula is C22H23NO5. The largest absolute Gasteiger partial charge is 0.482 e. The average Bonchev–Trinajstić information content (AvgIpc) is 3.12. The molecule has 1 aliphatic heterocycles. The Labute approximate surface area is 164 Å². The van der Waals surface area contributed by atoms with Gasteiger partial charge in [-0.05, 0) is 61.7 Å². The highest BCUT2D eigenvalue weighted by atomic mass is 16.6. The Bertz CT molecular complexity index is 888. The fourth-order valence-corrected chi connectivity index (χ4v) is 3.02. The molecule has 2 aromatic rings. The number of Topliss-reactive ketones (excluding diaryl/α,β-unsaturated/α-hetero) is 1. The number of anilines is 1. The maximum Gasteiger partial charge on any atom is 0.344 e. The van der Waals surface area contributed by atoms with Crippen LogP contribution in [0, 0.1) is 13.8 Å². The van der Waals surface area contributed by atoms with E-state index in [9.17, 15) is 14.4 Å². The number of hydrogen-bond donors (Lipinski definition) is 0. The van der Waals surface area contributed by atoms with Crippen LogP contribution >= 0.6 is 0 Å². The molecule has 0 aromatic heterocycles. The molecule has 6 heteroatoms. The van der Waals surface area contributed by atoms with Crippen molar-refractivity contribution < 1.29 is 23.9 Å². The molecule has 0 spiro atoms. The number of esters is 1. The van der Waals surface area contributed by atoms with Crippen molar-refractivity contribution in [2.24, 2.45) is 0 Å². The highest BCUT2D eigenvalue weighted by molar-refractivity contribution is 5.99. The van der Waals surface area contributed by atoms with Gasteiger partial charge in [-0.25, -0.2) is 4.79 Å². The summed E-state index contributed by atoms with van der Waals surface area (Å²) in [6, 6.07) is 12.5. The Kier molecular flexibility index (Phi) is 6.09. The fraction of sp³-hybridized carbons (Fsp3) is 0.318. The second kappa shape index (κ2) is 8.69. The number of hydrogen-bond acceptors (Lipinski definition) is 5. The van der Waals surface area contributed by atoms with Gasteiger partial charge in [-0.2, -0.15) is 0 Å². The second-order valence-corrected chi connectivity index (χ2v) is 6.84. The predicted molar refractivity (Wildman–Crippen MR) is 105 cm³/mol. The van der Waals surface area contributed by atoms with E-state index in [1.54, 1.807) is 29.2 Å². The molecule has 0 N–H and O–H groups in total. The van der Waals surface area contributed by atoms with Crippen molar-refractivity contribution in [2.45, 2.75) is 26.7 Å². The first-order valence-corrected chi connectivity index (χ1v) is 9.23. The van der Waals surface area contributed by atoms with Gasteiger partial charge in [-0.3, -0.25) is 9.59 Å². The smallest absolute Gasteiger partial charge is 0.344 e. The Morgan fingerprint density at radius 2 is 1.79 bits per heavy atom. The summed E-state index contributed by atoms with van der Waals surface area (Å²) in [6.07, 6.45) is 1.40. The zero-order valence-electron chi connectivity index (χ0n) is 16.1. The maximum atomic E-state index is 12.2. The van der Waals surface area contributed by atoms with Gasteiger partial charge in [-0.1, -0.05) is 12.1 Å². The SMILES string of the molecule is Cc1ccc(C)c(OCC(=O)OCC(=O)c2ccc(N3CCCC3=O)cc2)c1. The fourth-order valence-electron chi connectivity index (χ4n) is 3.02. The summed E-state index contributed by atoms with van der Waals surface area (Å²) >= 11 is 0. The van der Waals surface area contributed by atoms with Crippen molar-refractivity contribution >= 4 is 23.3 Å². The first-order chi connectivity index (χ1) is 13.4. The standard InChI is InChI=1S/C22H23NO5/c1-15-5-6-16(2)20(12-15)27-14-22(26)28-13-19(24)17-7-9-18(10-8-17)23-11-3-4-21(23)25/h5-10,12H,3-4,11,13-14H2,1-2H3. The van der Waals surface area contributed by atoms with Gasteiger partial charge in [0, 0.05) is 24.2 Å². The minimum absolute atomic E-state index is 0.0943. The van der Waals surface area contributed by atoms with Gasteiger partial charge in [0.25, 0.3) is 0 Å². The van der Waals surface area contributed by atoms with E-state index < -0.39 is 5.97 Å². The van der Waals surface area contributed by atoms with Crippen molar-refractivity contribution in [1.29, 1.82) is 0 Å². The van der Waals surface area contributed by atoms with Crippen molar-refractivity contribution in [2.75, 3.05) is 24.7 Å². The van der Waals surface area contributed by atoms with Gasteiger partial charge in [0.2, 0.25) is 5.91 Å².